The van der Waals surface area contributed by atoms with Gasteiger partial charge in [0.2, 0.25) is 0 Å². The summed E-state index contributed by atoms with van der Waals surface area (Å²) in [6.45, 7) is 0.474. The molecule has 0 bridgehead atoms. The van der Waals surface area contributed by atoms with Gasteiger partial charge in [-0.1, -0.05) is 12.1 Å². The molecular weight excluding hydrogens is 272 g/mol. The number of benzene rings is 1. The van der Waals surface area contributed by atoms with Gasteiger partial charge >= 0.3 is 5.97 Å². The molecule has 110 valence electrons. The first-order chi connectivity index (χ1) is 10.1. The second kappa shape index (κ2) is 5.29. The number of nitrogens with one attached hydrogen (secondary N) is 1. The van der Waals surface area contributed by atoms with Gasteiger partial charge in [0, 0.05) is 13.1 Å². The standard InChI is InChI=1S/C15H16N2O4/c18-13-10-3-1-2-4-11(10)14(19)17(13)8-7-16-12(15(20)21)9-5-6-9/h1-4,9,12,16H,5-8H2,(H,20,21). The average molecular weight is 288 g/mol. The number of hydrogen-bond acceptors (Lipinski definition) is 4. The molecule has 3 rings (SSSR count). The van der Waals surface area contributed by atoms with Crippen LogP contribution in [0.1, 0.15) is 33.6 Å². The van der Waals surface area contributed by atoms with Crippen molar-refractivity contribution in [2.75, 3.05) is 13.1 Å². The van der Waals surface area contributed by atoms with E-state index in [0.29, 0.717) is 17.7 Å². The lowest BCUT2D eigenvalue weighted by atomic mass is 10.1. The van der Waals surface area contributed by atoms with E-state index in [9.17, 15) is 14.4 Å². The van der Waals surface area contributed by atoms with Gasteiger partial charge in [0.15, 0.2) is 0 Å². The Labute approximate surface area is 121 Å². The van der Waals surface area contributed by atoms with Gasteiger partial charge in [-0.25, -0.2) is 0 Å². The van der Waals surface area contributed by atoms with E-state index in [1.54, 1.807) is 24.3 Å². The molecule has 1 aliphatic carbocycles. The van der Waals surface area contributed by atoms with Gasteiger partial charge in [0.25, 0.3) is 11.8 Å². The SMILES string of the molecule is O=C(O)C(NCCN1C(=O)c2ccccc2C1=O)C1CC1. The minimum absolute atomic E-state index is 0.171. The molecule has 1 aromatic rings. The van der Waals surface area contributed by atoms with Crippen LogP contribution in [0.3, 0.4) is 0 Å². The topological polar surface area (TPSA) is 86.7 Å². The maximum absolute atomic E-state index is 12.1. The van der Waals surface area contributed by atoms with Crippen LogP contribution in [-0.4, -0.2) is 46.9 Å². The molecule has 1 heterocycles. The summed E-state index contributed by atoms with van der Waals surface area (Å²) < 4.78 is 0. The number of imide groups is 1. The van der Waals surface area contributed by atoms with E-state index >= 15 is 0 Å². The zero-order chi connectivity index (χ0) is 15.0. The highest BCUT2D eigenvalue weighted by Crippen LogP contribution is 2.32. The van der Waals surface area contributed by atoms with Crippen LogP contribution in [0.2, 0.25) is 0 Å². The number of carbonyl (C=O) groups is 3. The summed E-state index contributed by atoms with van der Waals surface area (Å²) in [5.41, 5.74) is 0.832. The molecule has 2 aliphatic rings. The maximum Gasteiger partial charge on any atom is 0.320 e. The van der Waals surface area contributed by atoms with E-state index in [1.807, 2.05) is 0 Å². The summed E-state index contributed by atoms with van der Waals surface area (Å²) in [4.78, 5) is 36.5. The molecule has 0 spiro atoms. The van der Waals surface area contributed by atoms with Gasteiger partial charge in [-0.05, 0) is 30.9 Å². The molecule has 1 atom stereocenters. The van der Waals surface area contributed by atoms with E-state index in [4.69, 9.17) is 5.11 Å². The predicted octanol–water partition coefficient (Wildman–Crippen LogP) is 0.735. The summed E-state index contributed by atoms with van der Waals surface area (Å²) in [6, 6.07) is 6.12. The van der Waals surface area contributed by atoms with E-state index < -0.39 is 12.0 Å². The molecule has 1 aromatic carbocycles. The number of aliphatic carboxylic acids is 1. The largest absolute Gasteiger partial charge is 0.480 e. The Morgan fingerprint density at radius 2 is 1.81 bits per heavy atom. The number of carboxylic acid groups (broad SMARTS) is 1. The van der Waals surface area contributed by atoms with Crippen LogP contribution in [0.15, 0.2) is 24.3 Å². The van der Waals surface area contributed by atoms with Crippen molar-refractivity contribution in [3.05, 3.63) is 35.4 Å². The molecule has 1 aliphatic heterocycles. The predicted molar refractivity (Wildman–Crippen MR) is 74.0 cm³/mol. The number of fused-ring (bicyclic) bond motifs is 1. The Kier molecular flexibility index (Phi) is 3.47. The van der Waals surface area contributed by atoms with Gasteiger partial charge < -0.3 is 10.4 Å². The van der Waals surface area contributed by atoms with Gasteiger partial charge in [0.05, 0.1) is 11.1 Å². The highest BCUT2D eigenvalue weighted by molar-refractivity contribution is 6.21. The first kappa shape index (κ1) is 13.8. The third-order valence-electron chi connectivity index (χ3n) is 3.94. The molecule has 6 nitrogen and oxygen atoms in total. The maximum atomic E-state index is 12.1. The molecule has 21 heavy (non-hydrogen) atoms. The molecule has 2 amide bonds. The van der Waals surface area contributed by atoms with E-state index in [1.165, 1.54) is 4.90 Å². The van der Waals surface area contributed by atoms with Crippen molar-refractivity contribution in [2.24, 2.45) is 5.92 Å². The fourth-order valence-corrected chi connectivity index (χ4v) is 2.66. The van der Waals surface area contributed by atoms with E-state index in [0.717, 1.165) is 12.8 Å². The van der Waals surface area contributed by atoms with Crippen molar-refractivity contribution in [1.82, 2.24) is 10.2 Å². The summed E-state index contributed by atoms with van der Waals surface area (Å²) in [6.07, 6.45) is 1.83. The molecule has 1 unspecified atom stereocenters. The van der Waals surface area contributed by atoms with Crippen LogP contribution >= 0.6 is 0 Å². The Bertz CT molecular complexity index is 574. The summed E-state index contributed by atoms with van der Waals surface area (Å²) >= 11 is 0. The number of hydrogen-bond donors (Lipinski definition) is 2. The van der Waals surface area contributed by atoms with Crippen molar-refractivity contribution in [3.8, 4) is 0 Å². The van der Waals surface area contributed by atoms with E-state index in [2.05, 4.69) is 5.32 Å². The molecule has 1 fully saturated rings. The first-order valence-electron chi connectivity index (χ1n) is 7.01. The lowest BCUT2D eigenvalue weighted by molar-refractivity contribution is -0.140. The van der Waals surface area contributed by atoms with Crippen molar-refractivity contribution < 1.29 is 19.5 Å². The highest BCUT2D eigenvalue weighted by Gasteiger charge is 2.37. The van der Waals surface area contributed by atoms with Crippen molar-refractivity contribution >= 4 is 17.8 Å². The highest BCUT2D eigenvalue weighted by atomic mass is 16.4. The number of amides is 2. The van der Waals surface area contributed by atoms with Crippen molar-refractivity contribution in [1.29, 1.82) is 0 Å². The third-order valence-corrected chi connectivity index (χ3v) is 3.94. The fraction of sp³-hybridized carbons (Fsp3) is 0.400. The zero-order valence-electron chi connectivity index (χ0n) is 11.4. The lowest BCUT2D eigenvalue weighted by Gasteiger charge is -2.17. The van der Waals surface area contributed by atoms with Crippen molar-refractivity contribution in [3.63, 3.8) is 0 Å². The summed E-state index contributed by atoms with van der Waals surface area (Å²) in [7, 11) is 0. The van der Waals surface area contributed by atoms with Crippen LogP contribution in [0.25, 0.3) is 0 Å². The smallest absolute Gasteiger partial charge is 0.320 e. The zero-order valence-corrected chi connectivity index (χ0v) is 11.4. The van der Waals surface area contributed by atoms with Gasteiger partial charge in [-0.3, -0.25) is 19.3 Å². The van der Waals surface area contributed by atoms with Crippen LogP contribution in [0.4, 0.5) is 0 Å². The molecular formula is C15H16N2O4. The van der Waals surface area contributed by atoms with Crippen LogP contribution in [0.5, 0.6) is 0 Å². The summed E-state index contributed by atoms with van der Waals surface area (Å²) in [5, 5.41) is 12.0. The Morgan fingerprint density at radius 3 is 2.29 bits per heavy atom. The number of nitrogens with zero attached hydrogens (tertiary/aromatic N) is 1. The fourth-order valence-electron chi connectivity index (χ4n) is 2.66. The van der Waals surface area contributed by atoms with Crippen molar-refractivity contribution in [2.45, 2.75) is 18.9 Å². The Morgan fingerprint density at radius 1 is 1.24 bits per heavy atom. The van der Waals surface area contributed by atoms with Crippen LogP contribution in [0, 0.1) is 5.92 Å². The molecule has 2 N–H and O–H groups in total. The Hall–Kier alpha value is -2.21. The number of carboxylic acids is 1. The summed E-state index contributed by atoms with van der Waals surface area (Å²) in [5.74, 6) is -1.32. The van der Waals surface area contributed by atoms with Gasteiger partial charge in [0.1, 0.15) is 6.04 Å². The molecule has 0 aromatic heterocycles. The van der Waals surface area contributed by atoms with Gasteiger partial charge in [-0.2, -0.15) is 0 Å². The minimum atomic E-state index is -0.875. The normalized spacial score (nSPS) is 18.8. The van der Waals surface area contributed by atoms with Crippen LogP contribution < -0.4 is 5.32 Å². The second-order valence-electron chi connectivity index (χ2n) is 5.41. The monoisotopic (exact) mass is 288 g/mol. The minimum Gasteiger partial charge on any atom is -0.480 e. The van der Waals surface area contributed by atoms with E-state index in [-0.39, 0.29) is 24.3 Å². The quantitative estimate of drug-likeness (QED) is 0.754. The van der Waals surface area contributed by atoms with Crippen LogP contribution in [-0.2, 0) is 4.79 Å². The third kappa shape index (κ3) is 2.54. The molecule has 0 radical (unpaired) electrons. The van der Waals surface area contributed by atoms with Gasteiger partial charge in [-0.15, -0.1) is 0 Å². The average Bonchev–Trinajstić information content (AvgIpc) is 3.27. The molecule has 1 saturated carbocycles. The number of carbonyl (C=O) groups excluding carboxylic acids is 2. The number of rotatable bonds is 6. The molecule has 0 saturated heterocycles. The second-order valence-corrected chi connectivity index (χ2v) is 5.41. The first-order valence-corrected chi connectivity index (χ1v) is 7.01. The Balaban J connectivity index is 1.61. The lowest BCUT2D eigenvalue weighted by Crippen LogP contribution is -2.44. The molecule has 6 heteroatoms.